The fourth-order valence-electron chi connectivity index (χ4n) is 3.02. The summed E-state index contributed by atoms with van der Waals surface area (Å²) in [5.74, 6) is 3.45. The first-order valence-corrected chi connectivity index (χ1v) is 7.41. The summed E-state index contributed by atoms with van der Waals surface area (Å²) in [5.41, 5.74) is 2.26. The number of alkyl halides is 1. The molecule has 1 aromatic rings. The Bertz CT molecular complexity index is 403. The van der Waals surface area contributed by atoms with Gasteiger partial charge in [-0.3, -0.25) is 4.68 Å². The van der Waals surface area contributed by atoms with Crippen molar-refractivity contribution in [3.8, 4) is 0 Å². The van der Waals surface area contributed by atoms with Crippen molar-refractivity contribution in [1.29, 1.82) is 0 Å². The molecule has 0 atom stereocenters. The summed E-state index contributed by atoms with van der Waals surface area (Å²) in [4.78, 5) is 2.45. The van der Waals surface area contributed by atoms with Crippen molar-refractivity contribution < 1.29 is 0 Å². The van der Waals surface area contributed by atoms with E-state index in [9.17, 15) is 0 Å². The minimum absolute atomic E-state index is 0.555. The lowest BCUT2D eigenvalue weighted by Crippen LogP contribution is -2.36. The lowest BCUT2D eigenvalue weighted by Gasteiger charge is -2.35. The molecule has 0 aromatic carbocycles. The Kier molecular flexibility index (Phi) is 4.21. The first-order valence-electron chi connectivity index (χ1n) is 6.88. The van der Waals surface area contributed by atoms with Gasteiger partial charge in [0.15, 0.2) is 0 Å². The predicted octanol–water partition coefficient (Wildman–Crippen LogP) is 3.34. The van der Waals surface area contributed by atoms with Crippen molar-refractivity contribution in [2.45, 2.75) is 39.5 Å². The third-order valence-electron chi connectivity index (χ3n) is 4.23. The predicted molar refractivity (Wildman–Crippen MR) is 77.3 cm³/mol. The third-order valence-corrected chi connectivity index (χ3v) is 4.50. The first kappa shape index (κ1) is 13.7. The average Bonchev–Trinajstić information content (AvgIpc) is 2.63. The highest BCUT2D eigenvalue weighted by Gasteiger charge is 2.25. The molecule has 1 aromatic heterocycles. The number of halogens is 1. The summed E-state index contributed by atoms with van der Waals surface area (Å²) in [6, 6.07) is 0. The molecule has 3 nitrogen and oxygen atoms in total. The summed E-state index contributed by atoms with van der Waals surface area (Å²) >= 11 is 6.07. The van der Waals surface area contributed by atoms with Gasteiger partial charge in [-0.1, -0.05) is 13.8 Å². The molecule has 0 bridgehead atoms. The van der Waals surface area contributed by atoms with Crippen LogP contribution in [0, 0.1) is 18.8 Å². The fourth-order valence-corrected chi connectivity index (χ4v) is 3.33. The maximum absolute atomic E-state index is 6.07. The van der Waals surface area contributed by atoms with Gasteiger partial charge in [0, 0.05) is 25.7 Å². The molecule has 0 amide bonds. The highest BCUT2D eigenvalue weighted by molar-refractivity contribution is 6.17. The van der Waals surface area contributed by atoms with Crippen LogP contribution in [0.1, 0.15) is 37.9 Å². The van der Waals surface area contributed by atoms with Crippen molar-refractivity contribution in [1.82, 2.24) is 9.78 Å². The molecular formula is C14H24ClN3. The van der Waals surface area contributed by atoms with Crippen LogP contribution >= 0.6 is 11.6 Å². The molecule has 1 aliphatic rings. The zero-order valence-corrected chi connectivity index (χ0v) is 12.7. The van der Waals surface area contributed by atoms with Gasteiger partial charge in [-0.2, -0.15) is 5.10 Å². The second-order valence-electron chi connectivity index (χ2n) is 5.71. The standard InChI is InChI=1S/C14H24ClN3/c1-10(2)12-5-7-18(8-6-12)14-13(9-15)11(3)16-17(14)4/h10,12H,5-9H2,1-4H3. The largest absolute Gasteiger partial charge is 0.357 e. The van der Waals surface area contributed by atoms with E-state index in [1.165, 1.54) is 24.2 Å². The Balaban J connectivity index is 2.14. The molecule has 1 aliphatic heterocycles. The van der Waals surface area contributed by atoms with Crippen molar-refractivity contribution in [3.05, 3.63) is 11.3 Å². The van der Waals surface area contributed by atoms with E-state index in [0.29, 0.717) is 5.88 Å². The van der Waals surface area contributed by atoms with Gasteiger partial charge in [0.2, 0.25) is 0 Å². The van der Waals surface area contributed by atoms with Crippen molar-refractivity contribution in [2.75, 3.05) is 18.0 Å². The second kappa shape index (κ2) is 5.52. The van der Waals surface area contributed by atoms with Gasteiger partial charge in [0.05, 0.1) is 11.6 Å². The van der Waals surface area contributed by atoms with Crippen LogP contribution in [0.15, 0.2) is 0 Å². The summed E-state index contributed by atoms with van der Waals surface area (Å²) in [5, 5.41) is 4.50. The van der Waals surface area contributed by atoms with Crippen LogP contribution < -0.4 is 4.90 Å². The number of anilines is 1. The van der Waals surface area contributed by atoms with Crippen LogP contribution in [0.3, 0.4) is 0 Å². The van der Waals surface area contributed by atoms with Gasteiger partial charge in [-0.15, -0.1) is 11.6 Å². The third kappa shape index (κ3) is 2.51. The maximum Gasteiger partial charge on any atom is 0.131 e. The van der Waals surface area contributed by atoms with Gasteiger partial charge < -0.3 is 4.90 Å². The van der Waals surface area contributed by atoms with Crippen LogP contribution in [0.2, 0.25) is 0 Å². The number of aryl methyl sites for hydroxylation is 2. The molecule has 0 radical (unpaired) electrons. The fraction of sp³-hybridized carbons (Fsp3) is 0.786. The molecule has 0 aliphatic carbocycles. The molecule has 4 heteroatoms. The van der Waals surface area contributed by atoms with Gasteiger partial charge in [0.25, 0.3) is 0 Å². The zero-order valence-electron chi connectivity index (χ0n) is 11.9. The normalized spacial score (nSPS) is 17.8. The van der Waals surface area contributed by atoms with Crippen molar-refractivity contribution in [2.24, 2.45) is 18.9 Å². The maximum atomic E-state index is 6.07. The highest BCUT2D eigenvalue weighted by Crippen LogP contribution is 2.31. The van der Waals surface area contributed by atoms with E-state index in [0.717, 1.165) is 30.6 Å². The number of piperidine rings is 1. The van der Waals surface area contributed by atoms with Crippen LogP contribution in [0.25, 0.3) is 0 Å². The molecule has 0 saturated carbocycles. The Labute approximate surface area is 115 Å². The smallest absolute Gasteiger partial charge is 0.131 e. The van der Waals surface area contributed by atoms with Crippen LogP contribution in [0.5, 0.6) is 0 Å². The minimum Gasteiger partial charge on any atom is -0.357 e. The molecule has 2 heterocycles. The van der Waals surface area contributed by atoms with Gasteiger partial charge in [-0.05, 0) is 31.6 Å². The lowest BCUT2D eigenvalue weighted by atomic mass is 9.86. The van der Waals surface area contributed by atoms with E-state index in [2.05, 4.69) is 23.8 Å². The lowest BCUT2D eigenvalue weighted by molar-refractivity contribution is 0.309. The number of hydrogen-bond acceptors (Lipinski definition) is 2. The van der Waals surface area contributed by atoms with Crippen LogP contribution in [-0.2, 0) is 12.9 Å². The molecular weight excluding hydrogens is 246 g/mol. The molecule has 1 fully saturated rings. The number of aromatic nitrogens is 2. The molecule has 2 rings (SSSR count). The zero-order chi connectivity index (χ0) is 13.3. The van der Waals surface area contributed by atoms with Crippen molar-refractivity contribution in [3.63, 3.8) is 0 Å². The summed E-state index contributed by atoms with van der Waals surface area (Å²) in [7, 11) is 2.02. The van der Waals surface area contributed by atoms with E-state index in [1.54, 1.807) is 0 Å². The van der Waals surface area contributed by atoms with Gasteiger partial charge >= 0.3 is 0 Å². The minimum atomic E-state index is 0.555. The van der Waals surface area contributed by atoms with E-state index >= 15 is 0 Å². The number of rotatable bonds is 3. The second-order valence-corrected chi connectivity index (χ2v) is 5.98. The molecule has 18 heavy (non-hydrogen) atoms. The Morgan fingerprint density at radius 1 is 1.33 bits per heavy atom. The Morgan fingerprint density at radius 2 is 1.94 bits per heavy atom. The monoisotopic (exact) mass is 269 g/mol. The van der Waals surface area contributed by atoms with E-state index < -0.39 is 0 Å². The average molecular weight is 270 g/mol. The first-order chi connectivity index (χ1) is 8.54. The number of hydrogen-bond donors (Lipinski definition) is 0. The van der Waals surface area contributed by atoms with Crippen molar-refractivity contribution >= 4 is 17.4 Å². The summed E-state index contributed by atoms with van der Waals surface area (Å²) in [6.45, 7) is 8.97. The highest BCUT2D eigenvalue weighted by atomic mass is 35.5. The summed E-state index contributed by atoms with van der Waals surface area (Å²) < 4.78 is 1.99. The molecule has 1 saturated heterocycles. The van der Waals surface area contributed by atoms with Crippen LogP contribution in [-0.4, -0.2) is 22.9 Å². The SMILES string of the molecule is Cc1nn(C)c(N2CCC(C(C)C)CC2)c1CCl. The van der Waals surface area contributed by atoms with E-state index in [-0.39, 0.29) is 0 Å². The van der Waals surface area contributed by atoms with E-state index in [4.69, 9.17) is 11.6 Å². The molecule has 0 spiro atoms. The molecule has 0 unspecified atom stereocenters. The van der Waals surface area contributed by atoms with Crippen LogP contribution in [0.4, 0.5) is 5.82 Å². The topological polar surface area (TPSA) is 21.1 Å². The summed E-state index contributed by atoms with van der Waals surface area (Å²) in [6.07, 6.45) is 2.56. The quantitative estimate of drug-likeness (QED) is 0.785. The molecule has 0 N–H and O–H groups in total. The van der Waals surface area contributed by atoms with E-state index in [1.807, 2.05) is 18.7 Å². The number of nitrogens with zero attached hydrogens (tertiary/aromatic N) is 3. The molecule has 102 valence electrons. The van der Waals surface area contributed by atoms with Gasteiger partial charge in [-0.25, -0.2) is 0 Å². The Hall–Kier alpha value is -0.700. The van der Waals surface area contributed by atoms with Gasteiger partial charge in [0.1, 0.15) is 5.82 Å². The Morgan fingerprint density at radius 3 is 2.44 bits per heavy atom.